The van der Waals surface area contributed by atoms with Crippen LogP contribution in [0.15, 0.2) is 44.7 Å². The maximum atomic E-state index is 12.4. The molecule has 8 nitrogen and oxygen atoms in total. The number of benzene rings is 1. The molecule has 0 aliphatic carbocycles. The highest BCUT2D eigenvalue weighted by atomic mass is 32.3. The Kier molecular flexibility index (Phi) is 3.92. The van der Waals surface area contributed by atoms with E-state index in [0.29, 0.717) is 14.3 Å². The molecule has 1 aromatic rings. The third kappa shape index (κ3) is 2.72. The van der Waals surface area contributed by atoms with Crippen LogP contribution in [0, 0.1) is 10.1 Å². The van der Waals surface area contributed by atoms with E-state index in [1.54, 1.807) is 13.8 Å². The minimum Gasteiger partial charge on any atom is -0.258 e. The predicted molar refractivity (Wildman–Crippen MR) is 77.1 cm³/mol. The number of nitro benzene ring substituents is 1. The molecule has 0 N–H and O–H groups in total. The molecule has 1 aromatic carbocycles. The van der Waals surface area contributed by atoms with Crippen molar-refractivity contribution in [1.29, 1.82) is 0 Å². The van der Waals surface area contributed by atoms with E-state index in [1.165, 1.54) is 6.21 Å². The molecule has 1 unspecified atom stereocenters. The third-order valence-corrected chi connectivity index (χ3v) is 6.45. The molecular weight excluding hydrogens is 318 g/mol. The number of rotatable bonds is 3. The van der Waals surface area contributed by atoms with Crippen molar-refractivity contribution in [2.45, 2.75) is 18.7 Å². The average Bonchev–Trinajstić information content (AvgIpc) is 2.44. The van der Waals surface area contributed by atoms with E-state index in [4.69, 9.17) is 0 Å². The van der Waals surface area contributed by atoms with Gasteiger partial charge in [0, 0.05) is 17.0 Å². The number of non-ortho nitro benzene ring substituents is 1. The molecule has 1 atom stereocenters. The maximum absolute atomic E-state index is 12.4. The first-order valence-electron chi connectivity index (χ1n) is 5.68. The molecular formula is C11H11N3O5S2. The van der Waals surface area contributed by atoms with Crippen molar-refractivity contribution in [1.82, 2.24) is 3.82 Å². The van der Waals surface area contributed by atoms with Crippen LogP contribution in [-0.4, -0.2) is 27.6 Å². The van der Waals surface area contributed by atoms with Crippen LogP contribution in [0.1, 0.15) is 13.8 Å². The van der Waals surface area contributed by atoms with Crippen LogP contribution in [0.3, 0.4) is 0 Å². The lowest BCUT2D eigenvalue weighted by atomic mass is 10.3. The molecule has 0 aromatic heterocycles. The number of hydrogen-bond acceptors (Lipinski definition) is 6. The summed E-state index contributed by atoms with van der Waals surface area (Å²) in [5.41, 5.74) is 0.396. The highest BCUT2D eigenvalue weighted by Gasteiger charge is 2.32. The quantitative estimate of drug-likeness (QED) is 0.617. The van der Waals surface area contributed by atoms with Crippen molar-refractivity contribution >= 4 is 32.9 Å². The summed E-state index contributed by atoms with van der Waals surface area (Å²) in [5.74, 6) is 0. The zero-order chi connectivity index (χ0) is 15.8. The monoisotopic (exact) mass is 329 g/mol. The summed E-state index contributed by atoms with van der Waals surface area (Å²) in [7, 11) is -6.08. The number of nitrogens with zero attached hydrogens (tertiary/aromatic N) is 3. The van der Waals surface area contributed by atoms with Crippen molar-refractivity contribution in [3.05, 3.63) is 44.9 Å². The summed E-state index contributed by atoms with van der Waals surface area (Å²) >= 11 is 0. The first-order valence-corrected chi connectivity index (χ1v) is 8.23. The van der Waals surface area contributed by atoms with E-state index < -0.39 is 25.9 Å². The highest BCUT2D eigenvalue weighted by Crippen LogP contribution is 2.26. The van der Waals surface area contributed by atoms with Gasteiger partial charge in [-0.3, -0.25) is 10.1 Å². The lowest BCUT2D eigenvalue weighted by Gasteiger charge is -2.21. The minimum absolute atomic E-state index is 0.217. The second kappa shape index (κ2) is 5.37. The number of allylic oxidation sites excluding steroid dienone is 2. The second-order valence-corrected chi connectivity index (χ2v) is 7.65. The van der Waals surface area contributed by atoms with Crippen molar-refractivity contribution < 1.29 is 17.6 Å². The fraction of sp³-hybridized carbons (Fsp3) is 0.182. The Hall–Kier alpha value is -2.07. The van der Waals surface area contributed by atoms with E-state index in [2.05, 4.69) is 5.10 Å². The zero-order valence-corrected chi connectivity index (χ0v) is 12.7. The topological polar surface area (TPSA) is 110 Å². The van der Waals surface area contributed by atoms with Gasteiger partial charge < -0.3 is 0 Å². The van der Waals surface area contributed by atoms with Gasteiger partial charge in [-0.05, 0) is 31.6 Å². The third-order valence-electron chi connectivity index (χ3n) is 2.86. The molecule has 1 aliphatic rings. The second-order valence-electron chi connectivity index (χ2n) is 4.20. The van der Waals surface area contributed by atoms with E-state index >= 15 is 0 Å². The Morgan fingerprint density at radius 2 is 1.81 bits per heavy atom. The summed E-state index contributed by atoms with van der Waals surface area (Å²) in [4.78, 5) is 10.1. The van der Waals surface area contributed by atoms with Gasteiger partial charge in [-0.2, -0.15) is 13.5 Å². The predicted octanol–water partition coefficient (Wildman–Crippen LogP) is 1.54. The van der Waals surface area contributed by atoms with Crippen molar-refractivity contribution in [3.8, 4) is 0 Å². The molecule has 2 rings (SSSR count). The van der Waals surface area contributed by atoms with Gasteiger partial charge in [0.2, 0.25) is 0 Å². The van der Waals surface area contributed by atoms with Crippen molar-refractivity contribution in [2.24, 2.45) is 5.10 Å². The van der Waals surface area contributed by atoms with Crippen LogP contribution >= 0.6 is 0 Å². The average molecular weight is 329 g/mol. The molecule has 0 fully saturated rings. The fourth-order valence-corrected chi connectivity index (χ4v) is 4.34. The number of sulfonamides is 1. The molecule has 1 aliphatic heterocycles. The molecule has 21 heavy (non-hydrogen) atoms. The van der Waals surface area contributed by atoms with Gasteiger partial charge in [-0.15, -0.1) is 0 Å². The van der Waals surface area contributed by atoms with Crippen molar-refractivity contribution in [2.75, 3.05) is 0 Å². The molecule has 0 bridgehead atoms. The molecule has 0 spiro atoms. The molecule has 0 amide bonds. The molecule has 0 saturated heterocycles. The first-order chi connectivity index (χ1) is 9.75. The van der Waals surface area contributed by atoms with Gasteiger partial charge in [0.15, 0.2) is 11.0 Å². The van der Waals surface area contributed by atoms with Crippen LogP contribution in [0.2, 0.25) is 0 Å². The van der Waals surface area contributed by atoms with Crippen LogP contribution in [-0.2, 0) is 21.0 Å². The number of hydrazone groups is 1. The summed E-state index contributed by atoms with van der Waals surface area (Å²) in [6.07, 6.45) is 1.31. The standard InChI is InChI=1S/C11H11N3O5S2/c1-8-7-12-14(20(17)9(8)2)21(18,19)11-5-3-10(4-6-11)13(15)16/h3-7H,1-2H3. The summed E-state index contributed by atoms with van der Waals surface area (Å²) in [5, 5.41) is 14.2. The lowest BCUT2D eigenvalue weighted by molar-refractivity contribution is -0.384. The van der Waals surface area contributed by atoms with Gasteiger partial charge in [-0.1, -0.05) is 3.82 Å². The maximum Gasteiger partial charge on any atom is 0.291 e. The minimum atomic E-state index is -4.13. The van der Waals surface area contributed by atoms with Crippen LogP contribution < -0.4 is 0 Å². The van der Waals surface area contributed by atoms with E-state index in [0.717, 1.165) is 24.3 Å². The number of hydrogen-bond donors (Lipinski definition) is 0. The van der Waals surface area contributed by atoms with Crippen LogP contribution in [0.25, 0.3) is 0 Å². The SMILES string of the molecule is CC1=C(C)S(=O)N(S(=O)(=O)c2ccc([N+](=O)[O-])cc2)N=C1. The smallest absolute Gasteiger partial charge is 0.258 e. The Bertz CT molecular complexity index is 781. The molecule has 0 radical (unpaired) electrons. The van der Waals surface area contributed by atoms with E-state index in [-0.39, 0.29) is 10.6 Å². The lowest BCUT2D eigenvalue weighted by Crippen LogP contribution is -2.31. The van der Waals surface area contributed by atoms with Gasteiger partial charge in [0.05, 0.1) is 16.0 Å². The Labute approximate surface area is 123 Å². The Morgan fingerprint density at radius 3 is 2.33 bits per heavy atom. The van der Waals surface area contributed by atoms with E-state index in [1.807, 2.05) is 0 Å². The number of nitro groups is 1. The highest BCUT2D eigenvalue weighted by molar-refractivity contribution is 8.02. The fourth-order valence-electron chi connectivity index (χ4n) is 1.50. The molecule has 112 valence electrons. The molecule has 0 saturated carbocycles. The van der Waals surface area contributed by atoms with Gasteiger partial charge in [-0.25, -0.2) is 4.21 Å². The van der Waals surface area contributed by atoms with E-state index in [9.17, 15) is 22.7 Å². The van der Waals surface area contributed by atoms with Gasteiger partial charge in [0.25, 0.3) is 15.7 Å². The summed E-state index contributed by atoms with van der Waals surface area (Å²) in [6, 6.07) is 4.30. The zero-order valence-electron chi connectivity index (χ0n) is 11.1. The Morgan fingerprint density at radius 1 is 1.24 bits per heavy atom. The first kappa shape index (κ1) is 15.3. The van der Waals surface area contributed by atoms with Crippen LogP contribution in [0.4, 0.5) is 5.69 Å². The normalized spacial score (nSPS) is 19.0. The summed E-state index contributed by atoms with van der Waals surface area (Å²) < 4.78 is 37.3. The molecule has 1 heterocycles. The Balaban J connectivity index is 2.42. The molecule has 10 heteroatoms. The van der Waals surface area contributed by atoms with Crippen molar-refractivity contribution in [3.63, 3.8) is 0 Å². The summed E-state index contributed by atoms with van der Waals surface area (Å²) in [6.45, 7) is 3.22. The van der Waals surface area contributed by atoms with Crippen LogP contribution in [0.5, 0.6) is 0 Å². The van der Waals surface area contributed by atoms with Gasteiger partial charge >= 0.3 is 0 Å². The largest absolute Gasteiger partial charge is 0.291 e. The van der Waals surface area contributed by atoms with Gasteiger partial charge in [0.1, 0.15) is 0 Å².